The molecule has 0 fully saturated rings. The van der Waals surface area contributed by atoms with Crippen molar-refractivity contribution in [3.63, 3.8) is 0 Å². The van der Waals surface area contributed by atoms with Gasteiger partial charge in [0.05, 0.1) is 18.2 Å². The third-order valence-electron chi connectivity index (χ3n) is 2.13. The van der Waals surface area contributed by atoms with Crippen LogP contribution in [0.5, 0.6) is 0 Å². The quantitative estimate of drug-likeness (QED) is 0.760. The largest absolute Gasteiger partial charge is 0.394 e. The lowest BCUT2D eigenvalue weighted by molar-refractivity contribution is -0.117. The van der Waals surface area contributed by atoms with E-state index in [1.54, 1.807) is 37.3 Å². The lowest BCUT2D eigenvalue weighted by atomic mass is 10.1. The topological polar surface area (TPSA) is 73.1 Å². The summed E-state index contributed by atoms with van der Waals surface area (Å²) < 4.78 is 0. The summed E-state index contributed by atoms with van der Waals surface area (Å²) in [6.07, 6.45) is 3.05. The third-order valence-corrected chi connectivity index (χ3v) is 2.13. The summed E-state index contributed by atoms with van der Waals surface area (Å²) in [5.41, 5.74) is 1.43. The minimum atomic E-state index is -0.256. The zero-order valence-corrected chi connectivity index (χ0v) is 9.55. The van der Waals surface area contributed by atoms with E-state index in [0.717, 1.165) is 5.56 Å². The van der Waals surface area contributed by atoms with Crippen LogP contribution < -0.4 is 5.32 Å². The first kappa shape index (κ1) is 12.9. The van der Waals surface area contributed by atoms with E-state index in [2.05, 4.69) is 5.32 Å². The molecule has 1 amide bonds. The average Bonchev–Trinajstić information content (AvgIpc) is 2.36. The summed E-state index contributed by atoms with van der Waals surface area (Å²) in [6, 6.07) is 8.67. The van der Waals surface area contributed by atoms with Gasteiger partial charge in [0.2, 0.25) is 5.91 Å². The number of hydrogen-bond donors (Lipinski definition) is 2. The third kappa shape index (κ3) is 4.49. The molecule has 0 bridgehead atoms. The Morgan fingerprint density at radius 2 is 2.18 bits per heavy atom. The van der Waals surface area contributed by atoms with Crippen molar-refractivity contribution >= 4 is 12.0 Å². The molecular formula is C13H14N2O2. The van der Waals surface area contributed by atoms with E-state index < -0.39 is 0 Å². The first-order chi connectivity index (χ1) is 8.15. The summed E-state index contributed by atoms with van der Waals surface area (Å²) in [5, 5.41) is 20.0. The maximum absolute atomic E-state index is 11.3. The zero-order chi connectivity index (χ0) is 12.7. The summed E-state index contributed by atoms with van der Waals surface area (Å²) in [6.45, 7) is 1.63. The SMILES string of the molecule is C[C@@H](CO)NC(=O)C=Cc1ccc(C#N)cc1. The highest BCUT2D eigenvalue weighted by atomic mass is 16.3. The number of carbonyl (C=O) groups excluding carboxylic acids is 1. The first-order valence-electron chi connectivity index (χ1n) is 5.25. The van der Waals surface area contributed by atoms with Crippen LogP contribution in [-0.2, 0) is 4.79 Å². The van der Waals surface area contributed by atoms with Gasteiger partial charge in [0.15, 0.2) is 0 Å². The Morgan fingerprint density at radius 1 is 1.53 bits per heavy atom. The lowest BCUT2D eigenvalue weighted by Crippen LogP contribution is -2.33. The molecule has 0 aliphatic rings. The van der Waals surface area contributed by atoms with Crippen molar-refractivity contribution < 1.29 is 9.90 Å². The molecule has 0 saturated carbocycles. The van der Waals surface area contributed by atoms with Gasteiger partial charge in [0.1, 0.15) is 0 Å². The van der Waals surface area contributed by atoms with Crippen LogP contribution in [0.25, 0.3) is 6.08 Å². The molecule has 4 heteroatoms. The van der Waals surface area contributed by atoms with Crippen LogP contribution in [0.3, 0.4) is 0 Å². The summed E-state index contributed by atoms with van der Waals surface area (Å²) >= 11 is 0. The number of aliphatic hydroxyl groups excluding tert-OH is 1. The molecule has 0 radical (unpaired) electrons. The first-order valence-corrected chi connectivity index (χ1v) is 5.25. The number of nitrogens with zero attached hydrogens (tertiary/aromatic N) is 1. The molecule has 4 nitrogen and oxygen atoms in total. The zero-order valence-electron chi connectivity index (χ0n) is 9.55. The minimum Gasteiger partial charge on any atom is -0.394 e. The van der Waals surface area contributed by atoms with E-state index >= 15 is 0 Å². The van der Waals surface area contributed by atoms with Gasteiger partial charge in [-0.05, 0) is 30.7 Å². The van der Waals surface area contributed by atoms with Gasteiger partial charge in [-0.3, -0.25) is 4.79 Å². The second-order valence-corrected chi connectivity index (χ2v) is 3.66. The monoisotopic (exact) mass is 230 g/mol. The molecule has 0 aliphatic carbocycles. The van der Waals surface area contributed by atoms with Gasteiger partial charge in [-0.2, -0.15) is 5.26 Å². The van der Waals surface area contributed by atoms with Crippen LogP contribution in [0.4, 0.5) is 0 Å². The van der Waals surface area contributed by atoms with Gasteiger partial charge < -0.3 is 10.4 Å². The number of amides is 1. The van der Waals surface area contributed by atoms with E-state index in [0.29, 0.717) is 5.56 Å². The fraction of sp³-hybridized carbons (Fsp3) is 0.231. The Hall–Kier alpha value is -2.12. The molecule has 2 N–H and O–H groups in total. The van der Waals surface area contributed by atoms with Crippen molar-refractivity contribution in [2.45, 2.75) is 13.0 Å². The number of hydrogen-bond acceptors (Lipinski definition) is 3. The van der Waals surface area contributed by atoms with E-state index in [4.69, 9.17) is 10.4 Å². The van der Waals surface area contributed by atoms with Crippen LogP contribution in [-0.4, -0.2) is 23.7 Å². The highest BCUT2D eigenvalue weighted by molar-refractivity contribution is 5.91. The molecule has 17 heavy (non-hydrogen) atoms. The van der Waals surface area contributed by atoms with Gasteiger partial charge in [0, 0.05) is 12.1 Å². The van der Waals surface area contributed by atoms with Crippen molar-refractivity contribution in [1.82, 2.24) is 5.32 Å². The molecule has 1 aromatic carbocycles. The van der Waals surface area contributed by atoms with Crippen molar-refractivity contribution in [2.24, 2.45) is 0 Å². The predicted octanol–water partition coefficient (Wildman–Crippen LogP) is 1.07. The van der Waals surface area contributed by atoms with Gasteiger partial charge >= 0.3 is 0 Å². The lowest BCUT2D eigenvalue weighted by Gasteiger charge is -2.07. The molecule has 1 aromatic rings. The summed E-state index contributed by atoms with van der Waals surface area (Å²) in [4.78, 5) is 11.3. The van der Waals surface area contributed by atoms with Crippen LogP contribution in [0, 0.1) is 11.3 Å². The smallest absolute Gasteiger partial charge is 0.244 e. The second kappa shape index (κ2) is 6.46. The van der Waals surface area contributed by atoms with Gasteiger partial charge in [-0.15, -0.1) is 0 Å². The van der Waals surface area contributed by atoms with Crippen molar-refractivity contribution in [1.29, 1.82) is 5.26 Å². The Bertz CT molecular complexity index is 443. The molecule has 0 heterocycles. The summed E-state index contributed by atoms with van der Waals surface area (Å²) in [5.74, 6) is -0.254. The summed E-state index contributed by atoms with van der Waals surface area (Å²) in [7, 11) is 0. The number of nitrogens with one attached hydrogen (secondary N) is 1. The highest BCUT2D eigenvalue weighted by Crippen LogP contribution is 2.04. The van der Waals surface area contributed by atoms with E-state index in [9.17, 15) is 4.79 Å². The molecule has 1 rings (SSSR count). The molecular weight excluding hydrogens is 216 g/mol. The Kier molecular flexibility index (Phi) is 4.92. The Morgan fingerprint density at radius 3 is 2.71 bits per heavy atom. The molecule has 0 saturated heterocycles. The molecule has 88 valence electrons. The maximum atomic E-state index is 11.3. The molecule has 1 atom stereocenters. The van der Waals surface area contributed by atoms with Crippen LogP contribution in [0.15, 0.2) is 30.3 Å². The number of carbonyl (C=O) groups is 1. The Balaban J connectivity index is 2.58. The molecule has 0 unspecified atom stereocenters. The number of aliphatic hydroxyl groups is 1. The minimum absolute atomic E-state index is 0.0869. The molecule has 0 spiro atoms. The second-order valence-electron chi connectivity index (χ2n) is 3.66. The van der Waals surface area contributed by atoms with Crippen molar-refractivity contribution in [3.05, 3.63) is 41.5 Å². The van der Waals surface area contributed by atoms with Crippen molar-refractivity contribution in [2.75, 3.05) is 6.61 Å². The highest BCUT2D eigenvalue weighted by Gasteiger charge is 2.01. The fourth-order valence-corrected chi connectivity index (χ4v) is 1.18. The predicted molar refractivity (Wildman–Crippen MR) is 64.9 cm³/mol. The number of rotatable bonds is 4. The molecule has 0 aromatic heterocycles. The normalized spacial score (nSPS) is 12.1. The van der Waals surface area contributed by atoms with Crippen molar-refractivity contribution in [3.8, 4) is 6.07 Å². The number of benzene rings is 1. The number of nitriles is 1. The van der Waals surface area contributed by atoms with Gasteiger partial charge in [0.25, 0.3) is 0 Å². The standard InChI is InChI=1S/C13H14N2O2/c1-10(9-16)15-13(17)7-6-11-2-4-12(8-14)5-3-11/h2-7,10,16H,9H2,1H3,(H,15,17)/t10-/m0/s1. The maximum Gasteiger partial charge on any atom is 0.244 e. The van der Waals surface area contributed by atoms with E-state index in [-0.39, 0.29) is 18.6 Å². The molecule has 0 aliphatic heterocycles. The van der Waals surface area contributed by atoms with Crippen LogP contribution in [0.2, 0.25) is 0 Å². The Labute approximate surface area is 100 Å². The van der Waals surface area contributed by atoms with E-state index in [1.165, 1.54) is 6.08 Å². The van der Waals surface area contributed by atoms with Gasteiger partial charge in [-0.1, -0.05) is 12.1 Å². The van der Waals surface area contributed by atoms with Gasteiger partial charge in [-0.25, -0.2) is 0 Å². The van der Waals surface area contributed by atoms with Crippen LogP contribution in [0.1, 0.15) is 18.1 Å². The average molecular weight is 230 g/mol. The van der Waals surface area contributed by atoms with E-state index in [1.807, 2.05) is 6.07 Å². The van der Waals surface area contributed by atoms with Crippen LogP contribution >= 0.6 is 0 Å². The fourth-order valence-electron chi connectivity index (χ4n) is 1.18.